The van der Waals surface area contributed by atoms with E-state index in [-0.39, 0.29) is 10.8 Å². The Bertz CT molecular complexity index is 3620. The highest BCUT2D eigenvalue weighted by Gasteiger charge is 2.38. The van der Waals surface area contributed by atoms with E-state index >= 15 is 0 Å². The van der Waals surface area contributed by atoms with E-state index in [0.29, 0.717) is 17.5 Å². The summed E-state index contributed by atoms with van der Waals surface area (Å²) in [5.41, 5.74) is 11.9. The number of hydrogen-bond acceptors (Lipinski definition) is 3. The molecule has 0 fully saturated rings. The maximum absolute atomic E-state index is 5.38. The van der Waals surface area contributed by atoms with Crippen molar-refractivity contribution in [1.82, 2.24) is 19.5 Å². The van der Waals surface area contributed by atoms with Gasteiger partial charge in [-0.3, -0.25) is 0 Å². The summed E-state index contributed by atoms with van der Waals surface area (Å²) < 4.78 is 2.52. The molecule has 0 spiro atoms. The molecule has 2 aromatic heterocycles. The van der Waals surface area contributed by atoms with Crippen molar-refractivity contribution in [3.63, 3.8) is 0 Å². The van der Waals surface area contributed by atoms with Crippen LogP contribution in [0.2, 0.25) is 0 Å². The predicted molar refractivity (Wildman–Crippen MR) is 264 cm³/mol. The van der Waals surface area contributed by atoms with Gasteiger partial charge in [0.05, 0.1) is 16.7 Å². The van der Waals surface area contributed by atoms with E-state index in [1.807, 2.05) is 18.2 Å². The van der Waals surface area contributed by atoms with E-state index in [2.05, 4.69) is 196 Å². The third-order valence-corrected chi connectivity index (χ3v) is 13.9. The molecular weight excluding hydrogens is 765 g/mol. The van der Waals surface area contributed by atoms with Gasteiger partial charge in [0.25, 0.3) is 0 Å². The van der Waals surface area contributed by atoms with Crippen molar-refractivity contribution < 1.29 is 0 Å². The summed E-state index contributed by atoms with van der Waals surface area (Å²) in [7, 11) is 0. The van der Waals surface area contributed by atoms with E-state index < -0.39 is 0 Å². The SMILES string of the molecule is CC1(C)CCC(C)(C)c2cc3c(cc21)c1c2ccccc2ccc1n3-c1cccc2c(-c3nc(-c4ccccc4)nc(-c4ccc(-c5ccccc5)c5ccccc45)n3)cccc12. The zero-order valence-electron chi connectivity index (χ0n) is 36.0. The Morgan fingerprint density at radius 1 is 0.381 bits per heavy atom. The number of aromatic nitrogens is 4. The maximum atomic E-state index is 5.38. The summed E-state index contributed by atoms with van der Waals surface area (Å²) in [5.74, 6) is 1.93. The van der Waals surface area contributed by atoms with Gasteiger partial charge in [-0.2, -0.15) is 0 Å². The standard InChI is InChI=1S/C59H46N4/c1-58(2)33-34-59(3,4)50-36-53-48(35-49(50)58)54-41-22-12-11-19-38(41)29-32-52(54)63(53)51-28-16-25-44-45(51)26-15-27-46(44)56-60-55(39-20-9-6-10-21-39)61-57(62-56)47-31-30-40(37-17-7-5-8-18-37)42-23-13-14-24-43(42)47/h5-32,35-36H,33-34H2,1-4H3. The number of benzene rings is 9. The van der Waals surface area contributed by atoms with Crippen LogP contribution in [0.15, 0.2) is 182 Å². The lowest BCUT2D eigenvalue weighted by molar-refractivity contribution is 0.332. The van der Waals surface area contributed by atoms with Gasteiger partial charge in [0, 0.05) is 32.8 Å². The van der Waals surface area contributed by atoms with Crippen LogP contribution in [-0.2, 0) is 10.8 Å². The summed E-state index contributed by atoms with van der Waals surface area (Å²) in [5, 5.41) is 9.63. The van der Waals surface area contributed by atoms with Crippen LogP contribution in [-0.4, -0.2) is 19.5 Å². The first kappa shape index (κ1) is 37.3. The minimum atomic E-state index is 0.0639. The van der Waals surface area contributed by atoms with Crippen LogP contribution < -0.4 is 0 Å². The summed E-state index contributed by atoms with van der Waals surface area (Å²) in [6.07, 6.45) is 2.33. The second-order valence-electron chi connectivity index (χ2n) is 18.6. The topological polar surface area (TPSA) is 43.6 Å². The molecule has 0 saturated heterocycles. The van der Waals surface area contributed by atoms with Crippen LogP contribution >= 0.6 is 0 Å². The van der Waals surface area contributed by atoms with Crippen molar-refractivity contribution in [3.8, 4) is 51.0 Å². The van der Waals surface area contributed by atoms with Crippen molar-refractivity contribution in [1.29, 1.82) is 0 Å². The third kappa shape index (κ3) is 5.92. The molecule has 9 aromatic carbocycles. The largest absolute Gasteiger partial charge is 0.309 e. The number of fused-ring (bicyclic) bond motifs is 8. The molecule has 12 rings (SSSR count). The monoisotopic (exact) mass is 810 g/mol. The van der Waals surface area contributed by atoms with Gasteiger partial charge < -0.3 is 4.57 Å². The lowest BCUT2D eigenvalue weighted by atomic mass is 9.63. The van der Waals surface area contributed by atoms with Gasteiger partial charge in [-0.05, 0) is 103 Å². The molecule has 1 aliphatic carbocycles. The second-order valence-corrected chi connectivity index (χ2v) is 18.6. The summed E-state index contributed by atoms with van der Waals surface area (Å²) in [6, 6.07) is 65.6. The molecule has 0 bridgehead atoms. The molecule has 0 N–H and O–H groups in total. The van der Waals surface area contributed by atoms with E-state index in [4.69, 9.17) is 15.0 Å². The van der Waals surface area contributed by atoms with Crippen molar-refractivity contribution in [2.24, 2.45) is 0 Å². The zero-order valence-corrected chi connectivity index (χ0v) is 36.0. The van der Waals surface area contributed by atoms with Crippen molar-refractivity contribution in [2.45, 2.75) is 51.4 Å². The Labute approximate surface area is 367 Å². The number of rotatable bonds is 5. The fraction of sp³-hybridized carbons (Fsp3) is 0.136. The number of nitrogens with zero attached hydrogens (tertiary/aromatic N) is 4. The molecule has 11 aromatic rings. The highest BCUT2D eigenvalue weighted by atomic mass is 15.0. The Morgan fingerprint density at radius 3 is 1.63 bits per heavy atom. The average molecular weight is 811 g/mol. The first-order valence-electron chi connectivity index (χ1n) is 22.2. The van der Waals surface area contributed by atoms with Crippen LogP contribution in [0.5, 0.6) is 0 Å². The van der Waals surface area contributed by atoms with Gasteiger partial charge in [-0.25, -0.2) is 15.0 Å². The van der Waals surface area contributed by atoms with Crippen molar-refractivity contribution >= 4 is 54.1 Å². The molecule has 0 atom stereocenters. The predicted octanol–water partition coefficient (Wildman–Crippen LogP) is 15.4. The smallest absolute Gasteiger partial charge is 0.164 e. The highest BCUT2D eigenvalue weighted by molar-refractivity contribution is 6.22. The Kier molecular flexibility index (Phi) is 8.33. The van der Waals surface area contributed by atoms with Crippen LogP contribution in [0.1, 0.15) is 51.7 Å². The minimum Gasteiger partial charge on any atom is -0.309 e. The zero-order chi connectivity index (χ0) is 42.5. The fourth-order valence-corrected chi connectivity index (χ4v) is 10.5. The first-order chi connectivity index (χ1) is 30.7. The van der Waals surface area contributed by atoms with Crippen LogP contribution in [0, 0.1) is 0 Å². The van der Waals surface area contributed by atoms with E-state index in [1.54, 1.807) is 0 Å². The molecule has 1 aliphatic rings. The summed E-state index contributed by atoms with van der Waals surface area (Å²) >= 11 is 0. The normalized spacial score (nSPS) is 14.5. The number of hydrogen-bond donors (Lipinski definition) is 0. The minimum absolute atomic E-state index is 0.0639. The van der Waals surface area contributed by atoms with E-state index in [9.17, 15) is 0 Å². The molecule has 63 heavy (non-hydrogen) atoms. The first-order valence-corrected chi connectivity index (χ1v) is 22.2. The van der Waals surface area contributed by atoms with Crippen LogP contribution in [0.25, 0.3) is 105 Å². The fourth-order valence-electron chi connectivity index (χ4n) is 10.5. The van der Waals surface area contributed by atoms with Crippen molar-refractivity contribution in [2.75, 3.05) is 0 Å². The van der Waals surface area contributed by atoms with Crippen LogP contribution in [0.3, 0.4) is 0 Å². The summed E-state index contributed by atoms with van der Waals surface area (Å²) in [6.45, 7) is 9.70. The van der Waals surface area contributed by atoms with Gasteiger partial charge in [-0.15, -0.1) is 0 Å². The molecule has 0 amide bonds. The molecule has 2 heterocycles. The van der Waals surface area contributed by atoms with Crippen LogP contribution in [0.4, 0.5) is 0 Å². The Morgan fingerprint density at radius 2 is 0.905 bits per heavy atom. The van der Waals surface area contributed by atoms with Gasteiger partial charge in [0.15, 0.2) is 17.5 Å². The van der Waals surface area contributed by atoms with Gasteiger partial charge >= 0.3 is 0 Å². The Hall–Kier alpha value is -7.43. The Balaban J connectivity index is 1.11. The summed E-state index contributed by atoms with van der Waals surface area (Å²) in [4.78, 5) is 15.9. The molecule has 302 valence electrons. The highest BCUT2D eigenvalue weighted by Crippen LogP contribution is 2.50. The molecule has 0 saturated carbocycles. The van der Waals surface area contributed by atoms with Gasteiger partial charge in [-0.1, -0.05) is 179 Å². The quantitative estimate of drug-likeness (QED) is 0.174. The third-order valence-electron chi connectivity index (χ3n) is 13.9. The van der Waals surface area contributed by atoms with Gasteiger partial charge in [0.2, 0.25) is 0 Å². The van der Waals surface area contributed by atoms with E-state index in [0.717, 1.165) is 50.3 Å². The molecule has 4 heteroatoms. The molecule has 4 nitrogen and oxygen atoms in total. The van der Waals surface area contributed by atoms with E-state index in [1.165, 1.54) is 61.3 Å². The van der Waals surface area contributed by atoms with Gasteiger partial charge in [0.1, 0.15) is 0 Å². The van der Waals surface area contributed by atoms with Crippen molar-refractivity contribution in [3.05, 3.63) is 193 Å². The molecule has 0 aliphatic heterocycles. The maximum Gasteiger partial charge on any atom is 0.164 e. The second kappa shape index (κ2) is 14.1. The lowest BCUT2D eigenvalue weighted by Crippen LogP contribution is -2.33. The molecule has 0 unspecified atom stereocenters. The lowest BCUT2D eigenvalue weighted by Gasteiger charge is -2.42. The molecule has 0 radical (unpaired) electrons. The molecular formula is C59H46N4. The average Bonchev–Trinajstić information content (AvgIpc) is 3.66.